The average Bonchev–Trinajstić information content (AvgIpc) is 2.93. The Hall–Kier alpha value is -2.00. The molecule has 8 heteroatoms. The molecule has 0 saturated carbocycles. The zero-order valence-corrected chi connectivity index (χ0v) is 16.2. The van der Waals surface area contributed by atoms with Crippen LogP contribution < -0.4 is 14.9 Å². The van der Waals surface area contributed by atoms with E-state index in [9.17, 15) is 13.2 Å². The van der Waals surface area contributed by atoms with E-state index >= 15 is 0 Å². The molecule has 0 atom stereocenters. The van der Waals surface area contributed by atoms with E-state index in [0.717, 1.165) is 44.8 Å². The van der Waals surface area contributed by atoms with Crippen molar-refractivity contribution >= 4 is 32.4 Å². The molecule has 2 aromatic rings. The molecule has 0 unspecified atom stereocenters. The number of hydrogen-bond acceptors (Lipinski definition) is 5. The summed E-state index contributed by atoms with van der Waals surface area (Å²) in [6.45, 7) is 5.26. The average molecular weight is 388 g/mol. The SMILES string of the molecule is CN1C(=O)c2cccc3c(S(=O)(=O)NCCCN4CCNCC4)ccc1c23. The van der Waals surface area contributed by atoms with Crippen molar-refractivity contribution in [3.05, 3.63) is 35.9 Å². The lowest BCUT2D eigenvalue weighted by atomic mass is 10.1. The molecule has 1 amide bonds. The van der Waals surface area contributed by atoms with Gasteiger partial charge in [-0.3, -0.25) is 4.79 Å². The van der Waals surface area contributed by atoms with E-state index in [-0.39, 0.29) is 10.8 Å². The molecule has 7 nitrogen and oxygen atoms in total. The number of amides is 1. The van der Waals surface area contributed by atoms with E-state index in [1.165, 1.54) is 0 Å². The summed E-state index contributed by atoms with van der Waals surface area (Å²) in [5.74, 6) is -0.103. The molecule has 27 heavy (non-hydrogen) atoms. The maximum atomic E-state index is 12.9. The fourth-order valence-corrected chi connectivity index (χ4v) is 5.14. The number of anilines is 1. The zero-order chi connectivity index (χ0) is 19.0. The number of benzene rings is 2. The quantitative estimate of drug-likeness (QED) is 0.722. The van der Waals surface area contributed by atoms with E-state index in [1.54, 1.807) is 42.3 Å². The molecule has 2 N–H and O–H groups in total. The highest BCUT2D eigenvalue weighted by Crippen LogP contribution is 2.39. The molecule has 1 saturated heterocycles. The predicted octanol–water partition coefficient (Wildman–Crippen LogP) is 1.00. The van der Waals surface area contributed by atoms with Crippen molar-refractivity contribution in [2.45, 2.75) is 11.3 Å². The number of nitrogens with one attached hydrogen (secondary N) is 2. The second-order valence-electron chi connectivity index (χ2n) is 7.02. The summed E-state index contributed by atoms with van der Waals surface area (Å²) in [7, 11) is -1.93. The topological polar surface area (TPSA) is 81.8 Å². The predicted molar refractivity (Wildman–Crippen MR) is 106 cm³/mol. The standard InChI is InChI=1S/C19H24N4O3S/c1-22-16-6-7-17(14-4-2-5-15(18(14)16)19(22)24)27(25,26)21-8-3-11-23-12-9-20-10-13-23/h2,4-7,20-21H,3,8-13H2,1H3. The number of sulfonamides is 1. The summed E-state index contributed by atoms with van der Waals surface area (Å²) >= 11 is 0. The number of rotatable bonds is 6. The van der Waals surface area contributed by atoms with Crippen LogP contribution in [0.1, 0.15) is 16.8 Å². The van der Waals surface area contributed by atoms with Gasteiger partial charge in [-0.1, -0.05) is 12.1 Å². The maximum absolute atomic E-state index is 12.9. The van der Waals surface area contributed by atoms with E-state index in [4.69, 9.17) is 0 Å². The van der Waals surface area contributed by atoms with Gasteiger partial charge < -0.3 is 15.1 Å². The first-order valence-electron chi connectivity index (χ1n) is 9.25. The van der Waals surface area contributed by atoms with Crippen LogP contribution in [0, 0.1) is 0 Å². The summed E-state index contributed by atoms with van der Waals surface area (Å²) in [5, 5.41) is 4.62. The molecule has 1 fully saturated rings. The van der Waals surface area contributed by atoms with Gasteiger partial charge in [0.2, 0.25) is 10.0 Å². The van der Waals surface area contributed by atoms with Crippen LogP contribution in [0.4, 0.5) is 5.69 Å². The van der Waals surface area contributed by atoms with Crippen LogP contribution in [0.3, 0.4) is 0 Å². The molecule has 2 aliphatic rings. The van der Waals surface area contributed by atoms with Crippen LogP contribution in [0.5, 0.6) is 0 Å². The van der Waals surface area contributed by atoms with Crippen molar-refractivity contribution in [3.8, 4) is 0 Å². The first-order chi connectivity index (χ1) is 13.0. The Morgan fingerprint density at radius 2 is 1.93 bits per heavy atom. The number of carbonyl (C=O) groups excluding carboxylic acids is 1. The number of piperazine rings is 1. The van der Waals surface area contributed by atoms with Crippen LogP contribution in [0.2, 0.25) is 0 Å². The smallest absolute Gasteiger partial charge is 0.258 e. The van der Waals surface area contributed by atoms with Gasteiger partial charge in [0.1, 0.15) is 0 Å². The van der Waals surface area contributed by atoms with E-state index < -0.39 is 10.0 Å². The molecule has 0 aromatic heterocycles. The van der Waals surface area contributed by atoms with Crippen molar-refractivity contribution in [1.82, 2.24) is 14.9 Å². The second-order valence-corrected chi connectivity index (χ2v) is 8.75. The fourth-order valence-electron chi connectivity index (χ4n) is 3.87. The Balaban J connectivity index is 1.52. The van der Waals surface area contributed by atoms with E-state index in [0.29, 0.717) is 22.9 Å². The summed E-state index contributed by atoms with van der Waals surface area (Å²) in [6, 6.07) is 8.56. The van der Waals surface area contributed by atoms with Gasteiger partial charge in [0.05, 0.1) is 10.6 Å². The molecule has 0 bridgehead atoms. The van der Waals surface area contributed by atoms with Crippen molar-refractivity contribution in [1.29, 1.82) is 0 Å². The third-order valence-electron chi connectivity index (χ3n) is 5.32. The van der Waals surface area contributed by atoms with E-state index in [2.05, 4.69) is 14.9 Å². The van der Waals surface area contributed by atoms with Crippen LogP contribution in [-0.2, 0) is 10.0 Å². The summed E-state index contributed by atoms with van der Waals surface area (Å²) in [4.78, 5) is 16.5. The second kappa shape index (κ2) is 7.20. The van der Waals surface area contributed by atoms with Gasteiger partial charge in [-0.2, -0.15) is 0 Å². The highest BCUT2D eigenvalue weighted by Gasteiger charge is 2.29. The Morgan fingerprint density at radius 3 is 2.70 bits per heavy atom. The molecule has 144 valence electrons. The molecular formula is C19H24N4O3S. The maximum Gasteiger partial charge on any atom is 0.258 e. The van der Waals surface area contributed by atoms with Gasteiger partial charge in [0, 0.05) is 56.1 Å². The Bertz CT molecular complexity index is 984. The summed E-state index contributed by atoms with van der Waals surface area (Å²) in [5.41, 5.74) is 1.31. The summed E-state index contributed by atoms with van der Waals surface area (Å²) < 4.78 is 28.5. The van der Waals surface area contributed by atoms with Crippen LogP contribution >= 0.6 is 0 Å². The van der Waals surface area contributed by atoms with Gasteiger partial charge in [-0.05, 0) is 31.2 Å². The minimum Gasteiger partial charge on any atom is -0.314 e. The molecule has 2 heterocycles. The first-order valence-corrected chi connectivity index (χ1v) is 10.7. The van der Waals surface area contributed by atoms with Gasteiger partial charge in [-0.15, -0.1) is 0 Å². The number of carbonyl (C=O) groups is 1. The monoisotopic (exact) mass is 388 g/mol. The Kier molecular flexibility index (Phi) is 4.90. The van der Waals surface area contributed by atoms with Crippen LogP contribution in [-0.4, -0.2) is 65.5 Å². The van der Waals surface area contributed by atoms with Crippen molar-refractivity contribution in [2.75, 3.05) is 51.2 Å². The minimum absolute atomic E-state index is 0.103. The van der Waals surface area contributed by atoms with Gasteiger partial charge >= 0.3 is 0 Å². The van der Waals surface area contributed by atoms with Gasteiger partial charge in [-0.25, -0.2) is 13.1 Å². The number of hydrogen-bond donors (Lipinski definition) is 2. The largest absolute Gasteiger partial charge is 0.314 e. The fraction of sp³-hybridized carbons (Fsp3) is 0.421. The van der Waals surface area contributed by atoms with Crippen LogP contribution in [0.15, 0.2) is 35.2 Å². The zero-order valence-electron chi connectivity index (χ0n) is 15.4. The molecule has 2 aliphatic heterocycles. The van der Waals surface area contributed by atoms with Gasteiger partial charge in [0.15, 0.2) is 0 Å². The minimum atomic E-state index is -3.64. The first kappa shape index (κ1) is 18.4. The summed E-state index contributed by atoms with van der Waals surface area (Å²) in [6.07, 6.45) is 0.766. The van der Waals surface area contributed by atoms with E-state index in [1.807, 2.05) is 0 Å². The normalized spacial score (nSPS) is 17.8. The molecule has 2 aromatic carbocycles. The van der Waals surface area contributed by atoms with Crippen molar-refractivity contribution in [3.63, 3.8) is 0 Å². The lowest BCUT2D eigenvalue weighted by Crippen LogP contribution is -2.44. The molecular weight excluding hydrogens is 364 g/mol. The third kappa shape index (κ3) is 3.34. The Morgan fingerprint density at radius 1 is 1.15 bits per heavy atom. The Labute approximate surface area is 159 Å². The lowest BCUT2D eigenvalue weighted by molar-refractivity contribution is 0.0999. The molecule has 0 aliphatic carbocycles. The lowest BCUT2D eigenvalue weighted by Gasteiger charge is -2.27. The number of nitrogens with zero attached hydrogens (tertiary/aromatic N) is 2. The molecule has 0 spiro atoms. The van der Waals surface area contributed by atoms with Crippen molar-refractivity contribution < 1.29 is 13.2 Å². The van der Waals surface area contributed by atoms with Crippen molar-refractivity contribution in [2.24, 2.45) is 0 Å². The highest BCUT2D eigenvalue weighted by atomic mass is 32.2. The third-order valence-corrected chi connectivity index (χ3v) is 6.84. The molecule has 0 radical (unpaired) electrons. The highest BCUT2D eigenvalue weighted by molar-refractivity contribution is 7.89. The van der Waals surface area contributed by atoms with Gasteiger partial charge in [0.25, 0.3) is 5.91 Å². The van der Waals surface area contributed by atoms with Crippen LogP contribution in [0.25, 0.3) is 10.8 Å². The molecule has 4 rings (SSSR count).